The third-order valence-corrected chi connectivity index (χ3v) is 3.35. The van der Waals surface area contributed by atoms with Gasteiger partial charge in [0.05, 0.1) is 18.1 Å². The summed E-state index contributed by atoms with van der Waals surface area (Å²) < 4.78 is 5.70. The lowest BCUT2D eigenvalue weighted by atomic mass is 10.3. The van der Waals surface area contributed by atoms with E-state index in [4.69, 9.17) is 4.74 Å². The molecular formula is C15H19N5O. The summed E-state index contributed by atoms with van der Waals surface area (Å²) in [7, 11) is 0. The van der Waals surface area contributed by atoms with Crippen LogP contribution in [0, 0.1) is 6.92 Å². The predicted molar refractivity (Wildman–Crippen MR) is 80.4 cm³/mol. The Balaban J connectivity index is 1.65. The lowest BCUT2D eigenvalue weighted by Gasteiger charge is -2.28. The van der Waals surface area contributed by atoms with Gasteiger partial charge in [0.25, 0.3) is 0 Å². The van der Waals surface area contributed by atoms with Crippen LogP contribution in [0.25, 0.3) is 0 Å². The second-order valence-electron chi connectivity index (χ2n) is 5.01. The van der Waals surface area contributed by atoms with E-state index in [9.17, 15) is 0 Å². The summed E-state index contributed by atoms with van der Waals surface area (Å²) in [6.07, 6.45) is 3.42. The number of rotatable bonds is 4. The Morgan fingerprint density at radius 1 is 1.19 bits per heavy atom. The molecule has 1 aliphatic rings. The number of aryl methyl sites for hydroxylation is 1. The van der Waals surface area contributed by atoms with Gasteiger partial charge >= 0.3 is 0 Å². The molecule has 1 aliphatic heterocycles. The smallest absolute Gasteiger partial charge is 0.234 e. The normalized spacial score (nSPS) is 15.0. The zero-order valence-electron chi connectivity index (χ0n) is 12.1. The molecule has 0 aliphatic carbocycles. The Morgan fingerprint density at radius 3 is 2.86 bits per heavy atom. The molecule has 3 rings (SSSR count). The van der Waals surface area contributed by atoms with E-state index in [2.05, 4.69) is 25.2 Å². The van der Waals surface area contributed by atoms with E-state index in [0.717, 1.165) is 43.4 Å². The van der Waals surface area contributed by atoms with Crippen LogP contribution in [0.4, 0.5) is 5.82 Å². The molecule has 21 heavy (non-hydrogen) atoms. The summed E-state index contributed by atoms with van der Waals surface area (Å²) in [6, 6.07) is 5.89. The van der Waals surface area contributed by atoms with Crippen LogP contribution in [0.5, 0.6) is 5.88 Å². The SMILES string of the molecule is Cc1cccc(COc2cncc(N3CCNCC3)n2)n1. The Labute approximate surface area is 124 Å². The fourth-order valence-corrected chi connectivity index (χ4v) is 2.28. The molecule has 2 aromatic rings. The summed E-state index contributed by atoms with van der Waals surface area (Å²) in [5.41, 5.74) is 1.88. The van der Waals surface area contributed by atoms with Gasteiger partial charge in [-0.3, -0.25) is 9.97 Å². The number of piperazine rings is 1. The van der Waals surface area contributed by atoms with Gasteiger partial charge in [-0.1, -0.05) is 6.07 Å². The molecule has 1 N–H and O–H groups in total. The van der Waals surface area contributed by atoms with Crippen molar-refractivity contribution in [2.75, 3.05) is 31.1 Å². The molecule has 0 unspecified atom stereocenters. The molecule has 2 aromatic heterocycles. The van der Waals surface area contributed by atoms with Crippen LogP contribution in [-0.2, 0) is 6.61 Å². The molecule has 6 heteroatoms. The zero-order chi connectivity index (χ0) is 14.5. The number of ether oxygens (including phenoxy) is 1. The third kappa shape index (κ3) is 3.66. The molecule has 0 radical (unpaired) electrons. The van der Waals surface area contributed by atoms with E-state index in [-0.39, 0.29) is 0 Å². The minimum atomic E-state index is 0.404. The van der Waals surface area contributed by atoms with Gasteiger partial charge in [-0.2, -0.15) is 4.98 Å². The molecule has 0 atom stereocenters. The van der Waals surface area contributed by atoms with E-state index in [0.29, 0.717) is 12.5 Å². The van der Waals surface area contributed by atoms with Crippen LogP contribution in [-0.4, -0.2) is 41.1 Å². The molecule has 0 bridgehead atoms. The standard InChI is InChI=1S/C15H19N5O/c1-12-3-2-4-13(18-12)11-21-15-10-17-9-14(19-15)20-7-5-16-6-8-20/h2-4,9-10,16H,5-8,11H2,1H3. The van der Waals surface area contributed by atoms with Crippen LogP contribution in [0.2, 0.25) is 0 Å². The van der Waals surface area contributed by atoms with Crippen LogP contribution in [0.3, 0.4) is 0 Å². The van der Waals surface area contributed by atoms with Crippen LogP contribution in [0.15, 0.2) is 30.6 Å². The molecule has 0 saturated carbocycles. The number of hydrogen-bond acceptors (Lipinski definition) is 6. The highest BCUT2D eigenvalue weighted by atomic mass is 16.5. The Morgan fingerprint density at radius 2 is 2.05 bits per heavy atom. The van der Waals surface area contributed by atoms with Crippen LogP contribution in [0.1, 0.15) is 11.4 Å². The lowest BCUT2D eigenvalue weighted by Crippen LogP contribution is -2.43. The Hall–Kier alpha value is -2.21. The monoisotopic (exact) mass is 285 g/mol. The molecule has 0 aromatic carbocycles. The first-order chi connectivity index (χ1) is 10.3. The van der Waals surface area contributed by atoms with Crippen molar-refractivity contribution >= 4 is 5.82 Å². The summed E-state index contributed by atoms with van der Waals surface area (Å²) in [4.78, 5) is 15.4. The fraction of sp³-hybridized carbons (Fsp3) is 0.400. The summed E-state index contributed by atoms with van der Waals surface area (Å²) >= 11 is 0. The van der Waals surface area contributed by atoms with E-state index < -0.39 is 0 Å². The number of nitrogens with zero attached hydrogens (tertiary/aromatic N) is 4. The van der Waals surface area contributed by atoms with Crippen molar-refractivity contribution < 1.29 is 4.74 Å². The van der Waals surface area contributed by atoms with Crippen molar-refractivity contribution in [2.24, 2.45) is 0 Å². The highest BCUT2D eigenvalue weighted by molar-refractivity contribution is 5.38. The number of aromatic nitrogens is 3. The number of pyridine rings is 1. The second-order valence-corrected chi connectivity index (χ2v) is 5.01. The predicted octanol–water partition coefficient (Wildman–Crippen LogP) is 1.17. The minimum absolute atomic E-state index is 0.404. The third-order valence-electron chi connectivity index (χ3n) is 3.35. The topological polar surface area (TPSA) is 63.2 Å². The van der Waals surface area contributed by atoms with Crippen molar-refractivity contribution in [1.29, 1.82) is 0 Å². The lowest BCUT2D eigenvalue weighted by molar-refractivity contribution is 0.287. The number of hydrogen-bond donors (Lipinski definition) is 1. The number of nitrogens with one attached hydrogen (secondary N) is 1. The molecule has 0 spiro atoms. The maximum atomic E-state index is 5.70. The van der Waals surface area contributed by atoms with Crippen molar-refractivity contribution in [3.63, 3.8) is 0 Å². The quantitative estimate of drug-likeness (QED) is 0.910. The first-order valence-electron chi connectivity index (χ1n) is 7.14. The average Bonchev–Trinajstić information content (AvgIpc) is 2.54. The highest BCUT2D eigenvalue weighted by Gasteiger charge is 2.12. The van der Waals surface area contributed by atoms with Gasteiger partial charge in [0.1, 0.15) is 6.61 Å². The van der Waals surface area contributed by atoms with Crippen molar-refractivity contribution in [3.8, 4) is 5.88 Å². The maximum Gasteiger partial charge on any atom is 0.234 e. The van der Waals surface area contributed by atoms with E-state index in [1.54, 1.807) is 12.4 Å². The van der Waals surface area contributed by atoms with E-state index in [1.165, 1.54) is 0 Å². The van der Waals surface area contributed by atoms with Gasteiger partial charge in [-0.05, 0) is 19.1 Å². The van der Waals surface area contributed by atoms with Gasteiger partial charge < -0.3 is 15.0 Å². The van der Waals surface area contributed by atoms with Gasteiger partial charge in [-0.15, -0.1) is 0 Å². The van der Waals surface area contributed by atoms with Gasteiger partial charge in [0.2, 0.25) is 5.88 Å². The van der Waals surface area contributed by atoms with Crippen molar-refractivity contribution in [2.45, 2.75) is 13.5 Å². The van der Waals surface area contributed by atoms with Gasteiger partial charge in [0, 0.05) is 31.9 Å². The molecule has 3 heterocycles. The summed E-state index contributed by atoms with van der Waals surface area (Å²) in [5.74, 6) is 1.40. The van der Waals surface area contributed by atoms with Gasteiger partial charge in [0.15, 0.2) is 5.82 Å². The Kier molecular flexibility index (Phi) is 4.25. The number of anilines is 1. The molecule has 110 valence electrons. The fourth-order valence-electron chi connectivity index (χ4n) is 2.28. The van der Waals surface area contributed by atoms with Crippen molar-refractivity contribution in [3.05, 3.63) is 42.0 Å². The van der Waals surface area contributed by atoms with Crippen LogP contribution >= 0.6 is 0 Å². The largest absolute Gasteiger partial charge is 0.470 e. The Bertz CT molecular complexity index is 598. The molecule has 0 amide bonds. The molecule has 6 nitrogen and oxygen atoms in total. The second kappa shape index (κ2) is 6.49. The minimum Gasteiger partial charge on any atom is -0.470 e. The van der Waals surface area contributed by atoms with E-state index in [1.807, 2.05) is 25.1 Å². The summed E-state index contributed by atoms with van der Waals surface area (Å²) in [5, 5.41) is 3.32. The van der Waals surface area contributed by atoms with Gasteiger partial charge in [-0.25, -0.2) is 0 Å². The first-order valence-corrected chi connectivity index (χ1v) is 7.14. The average molecular weight is 285 g/mol. The van der Waals surface area contributed by atoms with Crippen molar-refractivity contribution in [1.82, 2.24) is 20.3 Å². The first kappa shape index (κ1) is 13.8. The summed E-state index contributed by atoms with van der Waals surface area (Å²) in [6.45, 7) is 6.20. The molecule has 1 saturated heterocycles. The maximum absolute atomic E-state index is 5.70. The molecule has 1 fully saturated rings. The highest BCUT2D eigenvalue weighted by Crippen LogP contribution is 2.15. The zero-order valence-corrected chi connectivity index (χ0v) is 12.1. The van der Waals surface area contributed by atoms with Crippen LogP contribution < -0.4 is 15.0 Å². The molecular weight excluding hydrogens is 266 g/mol. The van der Waals surface area contributed by atoms with E-state index >= 15 is 0 Å².